The van der Waals surface area contributed by atoms with Crippen LogP contribution in [-0.2, 0) is 4.79 Å². The highest BCUT2D eigenvalue weighted by Gasteiger charge is 2.31. The van der Waals surface area contributed by atoms with Crippen molar-refractivity contribution in [2.24, 2.45) is 11.8 Å². The molecule has 3 unspecified atom stereocenters. The molecule has 90 valence electrons. The normalized spacial score (nSPS) is 26.5. The highest BCUT2D eigenvalue weighted by atomic mass is 16.1. The van der Waals surface area contributed by atoms with Crippen LogP contribution in [-0.4, -0.2) is 5.78 Å². The van der Waals surface area contributed by atoms with Crippen molar-refractivity contribution in [2.45, 2.75) is 32.1 Å². The lowest BCUT2D eigenvalue weighted by atomic mass is 9.72. The number of hydrogen-bond donors (Lipinski definition) is 0. The van der Waals surface area contributed by atoms with E-state index in [9.17, 15) is 4.79 Å². The second-order valence-electron chi connectivity index (χ2n) is 5.05. The zero-order chi connectivity index (χ0) is 12.3. The summed E-state index contributed by atoms with van der Waals surface area (Å²) in [7, 11) is 0. The molecule has 0 aromatic heterocycles. The van der Waals surface area contributed by atoms with Crippen LogP contribution in [0.15, 0.2) is 43.0 Å². The summed E-state index contributed by atoms with van der Waals surface area (Å²) in [6.07, 6.45) is 4.62. The van der Waals surface area contributed by atoms with Gasteiger partial charge in [0.2, 0.25) is 0 Å². The maximum absolute atomic E-state index is 11.9. The minimum Gasteiger partial charge on any atom is -0.299 e. The molecular weight excluding hydrogens is 208 g/mol. The topological polar surface area (TPSA) is 17.1 Å². The van der Waals surface area contributed by atoms with Crippen molar-refractivity contribution in [3.05, 3.63) is 48.6 Å². The van der Waals surface area contributed by atoms with Crippen LogP contribution >= 0.6 is 0 Å². The lowest BCUT2D eigenvalue weighted by Gasteiger charge is -2.31. The molecule has 0 spiro atoms. The van der Waals surface area contributed by atoms with Gasteiger partial charge in [0.05, 0.1) is 0 Å². The predicted octanol–water partition coefficient (Wildman–Crippen LogP) is 3.96. The number of carbonyl (C=O) groups excluding carboxylic acids is 1. The Morgan fingerprint density at radius 3 is 2.71 bits per heavy atom. The van der Waals surface area contributed by atoms with Gasteiger partial charge in [0.15, 0.2) is 0 Å². The van der Waals surface area contributed by atoms with Gasteiger partial charge in [-0.3, -0.25) is 4.79 Å². The van der Waals surface area contributed by atoms with Crippen molar-refractivity contribution in [1.29, 1.82) is 0 Å². The van der Waals surface area contributed by atoms with Gasteiger partial charge < -0.3 is 0 Å². The quantitative estimate of drug-likeness (QED) is 0.716. The second kappa shape index (κ2) is 5.31. The van der Waals surface area contributed by atoms with E-state index in [-0.39, 0.29) is 5.92 Å². The number of carbonyl (C=O) groups is 1. The molecule has 1 aromatic rings. The average molecular weight is 228 g/mol. The molecule has 0 saturated heterocycles. The zero-order valence-corrected chi connectivity index (χ0v) is 10.4. The summed E-state index contributed by atoms with van der Waals surface area (Å²) in [4.78, 5) is 11.9. The third-order valence-electron chi connectivity index (χ3n) is 3.97. The Kier molecular flexibility index (Phi) is 3.78. The van der Waals surface area contributed by atoms with E-state index >= 15 is 0 Å². The van der Waals surface area contributed by atoms with E-state index < -0.39 is 0 Å². The van der Waals surface area contributed by atoms with Gasteiger partial charge in [-0.1, -0.05) is 43.3 Å². The van der Waals surface area contributed by atoms with Gasteiger partial charge >= 0.3 is 0 Å². The van der Waals surface area contributed by atoms with Gasteiger partial charge in [0, 0.05) is 12.3 Å². The molecule has 2 rings (SSSR count). The monoisotopic (exact) mass is 228 g/mol. The lowest BCUT2D eigenvalue weighted by molar-refractivity contribution is -0.126. The van der Waals surface area contributed by atoms with Crippen LogP contribution in [0.5, 0.6) is 0 Å². The van der Waals surface area contributed by atoms with Gasteiger partial charge in [-0.25, -0.2) is 0 Å². The Bertz CT molecular complexity index is 393. The zero-order valence-electron chi connectivity index (χ0n) is 10.4. The van der Waals surface area contributed by atoms with Crippen LogP contribution in [0, 0.1) is 11.8 Å². The molecule has 1 aromatic carbocycles. The maximum Gasteiger partial charge on any atom is 0.136 e. The average Bonchev–Trinajstić information content (AvgIpc) is 2.39. The molecule has 0 amide bonds. The van der Waals surface area contributed by atoms with Gasteiger partial charge in [-0.15, -0.1) is 6.58 Å². The van der Waals surface area contributed by atoms with Crippen LogP contribution in [0.1, 0.15) is 37.7 Å². The first-order valence-corrected chi connectivity index (χ1v) is 6.42. The lowest BCUT2D eigenvalue weighted by Crippen LogP contribution is -2.28. The van der Waals surface area contributed by atoms with Crippen LogP contribution < -0.4 is 0 Å². The number of Topliss-reactive ketones (excluding diaryl/α,β-unsaturated/α-hetero) is 1. The molecule has 1 heteroatoms. The number of ketones is 1. The highest BCUT2D eigenvalue weighted by molar-refractivity contribution is 5.82. The molecule has 0 heterocycles. The Hall–Kier alpha value is -1.37. The second-order valence-corrected chi connectivity index (χ2v) is 5.05. The summed E-state index contributed by atoms with van der Waals surface area (Å²) in [6, 6.07) is 10.6. The van der Waals surface area contributed by atoms with Gasteiger partial charge in [-0.2, -0.15) is 0 Å². The van der Waals surface area contributed by atoms with E-state index in [1.807, 2.05) is 12.1 Å². The smallest absolute Gasteiger partial charge is 0.136 e. The molecule has 0 aliphatic heterocycles. The summed E-state index contributed by atoms with van der Waals surface area (Å²) < 4.78 is 0. The molecule has 0 N–H and O–H groups in total. The molecule has 0 radical (unpaired) electrons. The summed E-state index contributed by atoms with van der Waals surface area (Å²) in [5, 5.41) is 0. The molecule has 3 atom stereocenters. The molecule has 0 bridgehead atoms. The van der Waals surface area contributed by atoms with E-state index in [0.29, 0.717) is 17.6 Å². The summed E-state index contributed by atoms with van der Waals surface area (Å²) in [5.41, 5.74) is 1.38. The van der Waals surface area contributed by atoms with Gasteiger partial charge in [0.1, 0.15) is 5.78 Å². The Balaban J connectivity index is 2.13. The minimum absolute atomic E-state index is 0.173. The van der Waals surface area contributed by atoms with Crippen molar-refractivity contribution in [3.63, 3.8) is 0 Å². The van der Waals surface area contributed by atoms with Crippen LogP contribution in [0.3, 0.4) is 0 Å². The summed E-state index contributed by atoms with van der Waals surface area (Å²) in [6.45, 7) is 5.92. The summed E-state index contributed by atoms with van der Waals surface area (Å²) in [5.74, 6) is 1.44. The molecule has 1 saturated carbocycles. The van der Waals surface area contributed by atoms with Crippen molar-refractivity contribution in [3.8, 4) is 0 Å². The fraction of sp³-hybridized carbons (Fsp3) is 0.438. The predicted molar refractivity (Wildman–Crippen MR) is 70.9 cm³/mol. The number of allylic oxidation sites excluding steroid dienone is 1. The van der Waals surface area contributed by atoms with Gasteiger partial charge in [0.25, 0.3) is 0 Å². The molecule has 1 aliphatic rings. The first-order valence-electron chi connectivity index (χ1n) is 6.42. The van der Waals surface area contributed by atoms with Crippen molar-refractivity contribution in [1.82, 2.24) is 0 Å². The fourth-order valence-electron chi connectivity index (χ4n) is 2.76. The van der Waals surface area contributed by atoms with E-state index in [2.05, 4.69) is 37.8 Å². The maximum atomic E-state index is 11.9. The molecular formula is C16H20O. The molecule has 17 heavy (non-hydrogen) atoms. The SMILES string of the molecule is C=CC(C)C1CC(c2ccccc2)CCC1=O. The minimum atomic E-state index is 0.173. The van der Waals surface area contributed by atoms with E-state index in [4.69, 9.17) is 0 Å². The Labute approximate surface area is 104 Å². The highest BCUT2D eigenvalue weighted by Crippen LogP contribution is 2.37. The summed E-state index contributed by atoms with van der Waals surface area (Å²) >= 11 is 0. The Morgan fingerprint density at radius 1 is 1.35 bits per heavy atom. The first kappa shape index (κ1) is 12.1. The van der Waals surface area contributed by atoms with Crippen molar-refractivity contribution in [2.75, 3.05) is 0 Å². The van der Waals surface area contributed by atoms with Crippen molar-refractivity contribution < 1.29 is 4.79 Å². The molecule has 1 fully saturated rings. The first-order chi connectivity index (χ1) is 8.22. The molecule has 1 aliphatic carbocycles. The largest absolute Gasteiger partial charge is 0.299 e. The van der Waals surface area contributed by atoms with Crippen molar-refractivity contribution >= 4 is 5.78 Å². The van der Waals surface area contributed by atoms with E-state index in [0.717, 1.165) is 19.3 Å². The third-order valence-corrected chi connectivity index (χ3v) is 3.97. The fourth-order valence-corrected chi connectivity index (χ4v) is 2.76. The standard InChI is InChI=1S/C16H20O/c1-3-12(2)15-11-14(9-10-16(15)17)13-7-5-4-6-8-13/h3-8,12,14-15H,1,9-11H2,2H3. The number of rotatable bonds is 3. The number of hydrogen-bond acceptors (Lipinski definition) is 1. The number of benzene rings is 1. The van der Waals surface area contributed by atoms with Crippen LogP contribution in [0.2, 0.25) is 0 Å². The third kappa shape index (κ3) is 2.66. The van der Waals surface area contributed by atoms with Crippen LogP contribution in [0.4, 0.5) is 0 Å². The van der Waals surface area contributed by atoms with E-state index in [1.54, 1.807) is 0 Å². The van der Waals surface area contributed by atoms with Gasteiger partial charge in [-0.05, 0) is 30.2 Å². The van der Waals surface area contributed by atoms with E-state index in [1.165, 1.54) is 5.56 Å². The Morgan fingerprint density at radius 2 is 2.06 bits per heavy atom. The molecule has 1 nitrogen and oxygen atoms in total. The van der Waals surface area contributed by atoms with Crippen LogP contribution in [0.25, 0.3) is 0 Å².